The first-order valence-corrected chi connectivity index (χ1v) is 14.1. The predicted molar refractivity (Wildman–Crippen MR) is 165 cm³/mol. The van der Waals surface area contributed by atoms with Crippen LogP contribution in [0.2, 0.25) is 0 Å². The van der Waals surface area contributed by atoms with Gasteiger partial charge in [-0.3, -0.25) is 19.3 Å². The van der Waals surface area contributed by atoms with E-state index in [1.807, 2.05) is 79.7 Å². The van der Waals surface area contributed by atoms with E-state index in [0.29, 0.717) is 18.8 Å². The second-order valence-electron chi connectivity index (χ2n) is 9.99. The first kappa shape index (κ1) is 28.5. The van der Waals surface area contributed by atoms with E-state index >= 15 is 0 Å². The number of para-hydroxylation sites is 1. The Morgan fingerprint density at radius 1 is 0.881 bits per heavy atom. The van der Waals surface area contributed by atoms with Crippen molar-refractivity contribution in [1.29, 1.82) is 0 Å². The third kappa shape index (κ3) is 5.72. The van der Waals surface area contributed by atoms with Crippen LogP contribution in [0.25, 0.3) is 0 Å². The highest BCUT2D eigenvalue weighted by Gasteiger charge is 2.39. The van der Waals surface area contributed by atoms with Crippen LogP contribution in [0.5, 0.6) is 11.5 Å². The van der Waals surface area contributed by atoms with Crippen molar-refractivity contribution >= 4 is 5.91 Å². The number of hydrogen-bond donors (Lipinski definition) is 0. The largest absolute Gasteiger partial charge is 0.489 e. The van der Waals surface area contributed by atoms with Gasteiger partial charge in [-0.05, 0) is 23.6 Å². The normalized spacial score (nSPS) is 14.1. The second kappa shape index (κ2) is 13.1. The zero-order valence-corrected chi connectivity index (χ0v) is 23.8. The first-order valence-electron chi connectivity index (χ1n) is 14.1. The Balaban J connectivity index is 1.71. The summed E-state index contributed by atoms with van der Waals surface area (Å²) in [6.07, 6.45) is 5.80. The quantitative estimate of drug-likeness (QED) is 0.196. The Morgan fingerprint density at radius 3 is 2.26 bits per heavy atom. The van der Waals surface area contributed by atoms with Crippen molar-refractivity contribution in [1.82, 2.24) is 9.58 Å². The monoisotopic (exact) mass is 561 g/mol. The van der Waals surface area contributed by atoms with Gasteiger partial charge in [0, 0.05) is 17.8 Å². The highest BCUT2D eigenvalue weighted by atomic mass is 16.5. The third-order valence-electron chi connectivity index (χ3n) is 7.37. The minimum absolute atomic E-state index is 0.0166. The van der Waals surface area contributed by atoms with Gasteiger partial charge in [0.15, 0.2) is 11.4 Å². The number of nitrogens with zero attached hydrogens (tertiary/aromatic N) is 3. The summed E-state index contributed by atoms with van der Waals surface area (Å²) in [6, 6.07) is 28.3. The SMILES string of the molecule is C=CCOc1ccccc1C(c1ccccc1)N1CN(C(C=C)CC)C(=O)c2c(OCc3ccccc3)c(=O)ccn21. The molecule has 2 atom stereocenters. The number of rotatable bonds is 12. The Bertz CT molecular complexity index is 1600. The van der Waals surface area contributed by atoms with Crippen molar-refractivity contribution in [3.8, 4) is 11.5 Å². The maximum absolute atomic E-state index is 14.2. The molecule has 7 heteroatoms. The van der Waals surface area contributed by atoms with Crippen LogP contribution in [0.1, 0.15) is 46.6 Å². The predicted octanol–water partition coefficient (Wildman–Crippen LogP) is 6.10. The second-order valence-corrected chi connectivity index (χ2v) is 9.99. The van der Waals surface area contributed by atoms with Gasteiger partial charge >= 0.3 is 0 Å². The summed E-state index contributed by atoms with van der Waals surface area (Å²) >= 11 is 0. The number of pyridine rings is 1. The van der Waals surface area contributed by atoms with Crippen molar-refractivity contribution in [3.63, 3.8) is 0 Å². The molecule has 1 aliphatic rings. The van der Waals surface area contributed by atoms with Gasteiger partial charge in [-0.15, -0.1) is 6.58 Å². The molecule has 1 amide bonds. The molecule has 0 aliphatic carbocycles. The van der Waals surface area contributed by atoms with Crippen LogP contribution in [-0.2, 0) is 6.61 Å². The van der Waals surface area contributed by atoms with Crippen molar-refractivity contribution in [2.24, 2.45) is 0 Å². The summed E-state index contributed by atoms with van der Waals surface area (Å²) in [6.45, 7) is 10.6. The highest BCUT2D eigenvalue weighted by Crippen LogP contribution is 2.37. The number of carbonyl (C=O) groups is 1. The van der Waals surface area contributed by atoms with Crippen LogP contribution in [0.3, 0.4) is 0 Å². The van der Waals surface area contributed by atoms with E-state index in [0.717, 1.165) is 16.7 Å². The third-order valence-corrected chi connectivity index (χ3v) is 7.37. The topological polar surface area (TPSA) is 64.0 Å². The van der Waals surface area contributed by atoms with Crippen molar-refractivity contribution in [2.45, 2.75) is 32.0 Å². The molecular formula is C35H35N3O4. The fourth-order valence-corrected chi connectivity index (χ4v) is 5.32. The maximum Gasteiger partial charge on any atom is 0.278 e. The van der Waals surface area contributed by atoms with Crippen LogP contribution in [0.4, 0.5) is 0 Å². The summed E-state index contributed by atoms with van der Waals surface area (Å²) in [5, 5.41) is 2.07. The molecule has 0 saturated carbocycles. The standard InChI is InChI=1S/C35H35N3O4/c1-4-23-41-31-20-14-13-19-29(31)32(27-17-11-8-12-18-27)38-25-36(28(5-2)6-3)35(40)33-34(30(39)21-22-37(33)38)42-24-26-15-9-7-10-16-26/h4-5,7-22,28,32H,1-2,6,23-25H2,3H3. The average molecular weight is 562 g/mol. The number of amides is 1. The van der Waals surface area contributed by atoms with Crippen LogP contribution in [0.15, 0.2) is 127 Å². The lowest BCUT2D eigenvalue weighted by Crippen LogP contribution is -2.58. The Hall–Kier alpha value is -5.04. The lowest BCUT2D eigenvalue weighted by Gasteiger charge is -2.46. The maximum atomic E-state index is 14.2. The zero-order chi connectivity index (χ0) is 29.5. The molecular weight excluding hydrogens is 526 g/mol. The number of benzene rings is 3. The van der Waals surface area contributed by atoms with Crippen LogP contribution in [0, 0.1) is 0 Å². The van der Waals surface area contributed by atoms with Gasteiger partial charge in [-0.2, -0.15) is 0 Å². The molecule has 2 unspecified atom stereocenters. The summed E-state index contributed by atoms with van der Waals surface area (Å²) in [7, 11) is 0. The molecule has 3 aromatic carbocycles. The van der Waals surface area contributed by atoms with E-state index in [2.05, 4.69) is 30.3 Å². The van der Waals surface area contributed by atoms with Gasteiger partial charge in [0.25, 0.3) is 5.91 Å². The number of fused-ring (bicyclic) bond motifs is 1. The van der Waals surface area contributed by atoms with E-state index < -0.39 is 0 Å². The van der Waals surface area contributed by atoms with Crippen LogP contribution >= 0.6 is 0 Å². The molecule has 1 aliphatic heterocycles. The molecule has 2 heterocycles. The molecule has 0 bridgehead atoms. The van der Waals surface area contributed by atoms with E-state index in [9.17, 15) is 9.59 Å². The Labute approximate surface area is 246 Å². The molecule has 4 aromatic rings. The molecule has 1 aromatic heterocycles. The number of ether oxygens (including phenoxy) is 2. The Kier molecular flexibility index (Phi) is 8.87. The minimum Gasteiger partial charge on any atom is -0.489 e. The summed E-state index contributed by atoms with van der Waals surface area (Å²) in [5.41, 5.74) is 2.61. The van der Waals surface area contributed by atoms with Gasteiger partial charge in [-0.1, -0.05) is 105 Å². The fraction of sp³-hybridized carbons (Fsp3) is 0.200. The lowest BCUT2D eigenvalue weighted by atomic mass is 9.96. The van der Waals surface area contributed by atoms with Gasteiger partial charge in [0.2, 0.25) is 5.43 Å². The highest BCUT2D eigenvalue weighted by molar-refractivity contribution is 5.96. The zero-order valence-electron chi connectivity index (χ0n) is 23.8. The summed E-state index contributed by atoms with van der Waals surface area (Å²) < 4.78 is 14.0. The first-order chi connectivity index (χ1) is 20.6. The number of aromatic nitrogens is 1. The molecule has 0 radical (unpaired) electrons. The molecule has 42 heavy (non-hydrogen) atoms. The molecule has 0 spiro atoms. The molecule has 5 rings (SSSR count). The molecule has 0 fully saturated rings. The molecule has 0 saturated heterocycles. The van der Waals surface area contributed by atoms with E-state index in [1.54, 1.807) is 27.9 Å². The summed E-state index contributed by atoms with van der Waals surface area (Å²) in [5.74, 6) is 0.429. The van der Waals surface area contributed by atoms with Gasteiger partial charge < -0.3 is 14.4 Å². The molecule has 7 nitrogen and oxygen atoms in total. The van der Waals surface area contributed by atoms with Crippen LogP contribution in [-0.4, -0.2) is 34.8 Å². The molecule has 214 valence electrons. The summed E-state index contributed by atoms with van der Waals surface area (Å²) in [4.78, 5) is 29.2. The number of carbonyl (C=O) groups excluding carboxylic acids is 1. The van der Waals surface area contributed by atoms with E-state index in [4.69, 9.17) is 9.47 Å². The van der Waals surface area contributed by atoms with Crippen molar-refractivity contribution < 1.29 is 14.3 Å². The van der Waals surface area contributed by atoms with Crippen molar-refractivity contribution in [2.75, 3.05) is 18.3 Å². The van der Waals surface area contributed by atoms with Gasteiger partial charge in [0.1, 0.15) is 31.7 Å². The van der Waals surface area contributed by atoms with E-state index in [-0.39, 0.29) is 48.1 Å². The average Bonchev–Trinajstić information content (AvgIpc) is 3.03. The van der Waals surface area contributed by atoms with Gasteiger partial charge in [0.05, 0.1) is 6.04 Å². The smallest absolute Gasteiger partial charge is 0.278 e. The molecule has 0 N–H and O–H groups in total. The lowest BCUT2D eigenvalue weighted by molar-refractivity contribution is 0.0622. The van der Waals surface area contributed by atoms with Crippen LogP contribution < -0.4 is 19.9 Å². The van der Waals surface area contributed by atoms with E-state index in [1.165, 1.54) is 6.07 Å². The number of hydrogen-bond acceptors (Lipinski definition) is 5. The fourth-order valence-electron chi connectivity index (χ4n) is 5.32. The minimum atomic E-state index is -0.381. The van der Waals surface area contributed by atoms with Gasteiger partial charge in [-0.25, -0.2) is 0 Å². The van der Waals surface area contributed by atoms with Crippen molar-refractivity contribution in [3.05, 3.63) is 155 Å². The Morgan fingerprint density at radius 2 is 1.57 bits per heavy atom.